The van der Waals surface area contributed by atoms with Crippen LogP contribution in [0.25, 0.3) is 0 Å². The Kier molecular flexibility index (Phi) is 5.89. The van der Waals surface area contributed by atoms with E-state index in [1.165, 1.54) is 32.2 Å². The maximum absolute atomic E-state index is 12.3. The molecule has 2 aromatic carbocycles. The van der Waals surface area contributed by atoms with E-state index < -0.39 is 12.5 Å². The maximum atomic E-state index is 12.3. The Morgan fingerprint density at radius 2 is 1.56 bits per heavy atom. The smallest absolute Gasteiger partial charge is 0.387 e. The van der Waals surface area contributed by atoms with Gasteiger partial charge in [-0.1, -0.05) is 0 Å². The topological polar surface area (TPSA) is 76.7 Å². The summed E-state index contributed by atoms with van der Waals surface area (Å²) in [6, 6.07) is 10.4. The van der Waals surface area contributed by atoms with Crippen molar-refractivity contribution in [2.45, 2.75) is 13.5 Å². The van der Waals surface area contributed by atoms with E-state index in [1.807, 2.05) is 0 Å². The van der Waals surface area contributed by atoms with Gasteiger partial charge in [-0.25, -0.2) is 0 Å². The summed E-state index contributed by atoms with van der Waals surface area (Å²) in [6.45, 7) is -1.60. The highest BCUT2D eigenvalue weighted by Gasteiger charge is 2.14. The molecule has 6 nitrogen and oxygen atoms in total. The molecule has 8 heteroatoms. The number of alkyl halides is 2. The lowest BCUT2D eigenvalue weighted by Gasteiger charge is -2.12. The van der Waals surface area contributed by atoms with Gasteiger partial charge < -0.3 is 20.1 Å². The lowest BCUT2D eigenvalue weighted by molar-refractivity contribution is -0.114. The van der Waals surface area contributed by atoms with Crippen LogP contribution in [0.1, 0.15) is 17.3 Å². The Balaban J connectivity index is 2.11. The summed E-state index contributed by atoms with van der Waals surface area (Å²) in [7, 11) is 1.29. The van der Waals surface area contributed by atoms with E-state index in [1.54, 1.807) is 24.3 Å². The number of nitrogens with one attached hydrogen (secondary N) is 2. The summed E-state index contributed by atoms with van der Waals surface area (Å²) in [5, 5.41) is 5.26. The number of carbonyl (C=O) groups is 2. The van der Waals surface area contributed by atoms with Gasteiger partial charge in [0.05, 0.1) is 7.11 Å². The van der Waals surface area contributed by atoms with Gasteiger partial charge in [-0.2, -0.15) is 8.78 Å². The molecule has 0 aromatic heterocycles. The molecule has 2 amide bonds. The van der Waals surface area contributed by atoms with Crippen molar-refractivity contribution < 1.29 is 27.8 Å². The van der Waals surface area contributed by atoms with Crippen LogP contribution in [0, 0.1) is 0 Å². The van der Waals surface area contributed by atoms with Crippen molar-refractivity contribution in [3.63, 3.8) is 0 Å². The largest absolute Gasteiger partial charge is 0.493 e. The second-order valence-corrected chi connectivity index (χ2v) is 4.96. The monoisotopic (exact) mass is 350 g/mol. The van der Waals surface area contributed by atoms with Crippen LogP contribution < -0.4 is 20.1 Å². The molecule has 0 heterocycles. The van der Waals surface area contributed by atoms with E-state index in [0.717, 1.165) is 0 Å². The van der Waals surface area contributed by atoms with Gasteiger partial charge in [0.1, 0.15) is 0 Å². The minimum atomic E-state index is -2.99. The molecule has 0 spiro atoms. The van der Waals surface area contributed by atoms with E-state index in [-0.39, 0.29) is 23.0 Å². The van der Waals surface area contributed by atoms with Crippen LogP contribution in [0.2, 0.25) is 0 Å². The Morgan fingerprint density at radius 3 is 2.08 bits per heavy atom. The summed E-state index contributed by atoms with van der Waals surface area (Å²) in [5.41, 5.74) is 1.32. The second kappa shape index (κ2) is 8.09. The Labute approximate surface area is 142 Å². The fourth-order valence-electron chi connectivity index (χ4n) is 2.05. The predicted octanol–water partition coefficient (Wildman–Crippen LogP) is 3.51. The molecule has 0 unspecified atom stereocenters. The van der Waals surface area contributed by atoms with E-state index in [2.05, 4.69) is 15.4 Å². The number of halogens is 2. The molecule has 0 atom stereocenters. The third-order valence-electron chi connectivity index (χ3n) is 3.11. The highest BCUT2D eigenvalue weighted by atomic mass is 19.3. The van der Waals surface area contributed by atoms with Crippen molar-refractivity contribution in [2.24, 2.45) is 0 Å². The van der Waals surface area contributed by atoms with Crippen LogP contribution >= 0.6 is 0 Å². The zero-order valence-corrected chi connectivity index (χ0v) is 13.5. The molecule has 2 N–H and O–H groups in total. The Hall–Kier alpha value is -3.16. The van der Waals surface area contributed by atoms with Crippen molar-refractivity contribution in [1.82, 2.24) is 0 Å². The molecule has 0 saturated heterocycles. The van der Waals surface area contributed by atoms with Crippen molar-refractivity contribution in [1.29, 1.82) is 0 Å². The normalized spacial score (nSPS) is 10.3. The van der Waals surface area contributed by atoms with E-state index in [0.29, 0.717) is 11.4 Å². The molecule has 25 heavy (non-hydrogen) atoms. The average molecular weight is 350 g/mol. The average Bonchev–Trinajstić information content (AvgIpc) is 2.56. The summed E-state index contributed by atoms with van der Waals surface area (Å²) >= 11 is 0. The van der Waals surface area contributed by atoms with E-state index in [9.17, 15) is 18.4 Å². The third-order valence-corrected chi connectivity index (χ3v) is 3.11. The minimum Gasteiger partial charge on any atom is -0.493 e. The molecule has 0 aliphatic heterocycles. The van der Waals surface area contributed by atoms with Gasteiger partial charge in [0.2, 0.25) is 5.91 Å². The molecule has 0 fully saturated rings. The standard InChI is InChI=1S/C17H16F2N2O4/c1-10(22)20-12-4-6-13(7-5-12)21-16(23)11-3-8-14(25-17(18)19)15(9-11)24-2/h3-9,17H,1-2H3,(H,20,22)(H,21,23). The molecular formula is C17H16F2N2O4. The van der Waals surface area contributed by atoms with Crippen molar-refractivity contribution >= 4 is 23.2 Å². The van der Waals surface area contributed by atoms with Gasteiger partial charge in [0.25, 0.3) is 5.91 Å². The van der Waals surface area contributed by atoms with Gasteiger partial charge >= 0.3 is 6.61 Å². The highest BCUT2D eigenvalue weighted by Crippen LogP contribution is 2.29. The Bertz CT molecular complexity index is 764. The summed E-state index contributed by atoms with van der Waals surface area (Å²) in [6.07, 6.45) is 0. The molecular weight excluding hydrogens is 334 g/mol. The maximum Gasteiger partial charge on any atom is 0.387 e. The predicted molar refractivity (Wildman–Crippen MR) is 88.3 cm³/mol. The molecule has 0 saturated carbocycles. The van der Waals surface area contributed by atoms with Crippen LogP contribution in [-0.2, 0) is 4.79 Å². The summed E-state index contributed by atoms with van der Waals surface area (Å²) in [4.78, 5) is 23.2. The molecule has 2 rings (SSSR count). The first-order valence-corrected chi connectivity index (χ1v) is 7.21. The lowest BCUT2D eigenvalue weighted by atomic mass is 10.1. The first-order valence-electron chi connectivity index (χ1n) is 7.21. The van der Waals surface area contributed by atoms with E-state index >= 15 is 0 Å². The molecule has 132 valence electrons. The molecule has 2 aromatic rings. The van der Waals surface area contributed by atoms with Gasteiger partial charge in [-0.05, 0) is 42.5 Å². The minimum absolute atomic E-state index is 0.0222. The first-order chi connectivity index (χ1) is 11.9. The number of hydrogen-bond donors (Lipinski definition) is 2. The number of carbonyl (C=O) groups excluding carboxylic acids is 2. The number of benzene rings is 2. The van der Waals surface area contributed by atoms with Crippen LogP contribution in [0.15, 0.2) is 42.5 Å². The fourth-order valence-corrected chi connectivity index (χ4v) is 2.05. The van der Waals surface area contributed by atoms with Gasteiger partial charge in [-0.15, -0.1) is 0 Å². The molecule has 0 bridgehead atoms. The van der Waals surface area contributed by atoms with Crippen LogP contribution in [-0.4, -0.2) is 25.5 Å². The number of methoxy groups -OCH3 is 1. The molecule has 0 radical (unpaired) electrons. The number of amides is 2. The number of ether oxygens (including phenoxy) is 2. The summed E-state index contributed by atoms with van der Waals surface area (Å²) < 4.78 is 33.9. The van der Waals surface area contributed by atoms with Crippen molar-refractivity contribution in [2.75, 3.05) is 17.7 Å². The second-order valence-electron chi connectivity index (χ2n) is 4.96. The lowest BCUT2D eigenvalue weighted by Crippen LogP contribution is -2.13. The van der Waals surface area contributed by atoms with Gasteiger partial charge in [0.15, 0.2) is 11.5 Å². The van der Waals surface area contributed by atoms with Gasteiger partial charge in [0, 0.05) is 23.9 Å². The Morgan fingerprint density at radius 1 is 0.960 bits per heavy atom. The third kappa shape index (κ3) is 5.17. The van der Waals surface area contributed by atoms with E-state index in [4.69, 9.17) is 4.74 Å². The molecule has 0 aliphatic rings. The van der Waals surface area contributed by atoms with Crippen LogP contribution in [0.4, 0.5) is 20.2 Å². The van der Waals surface area contributed by atoms with Crippen molar-refractivity contribution in [3.05, 3.63) is 48.0 Å². The molecule has 0 aliphatic carbocycles. The zero-order chi connectivity index (χ0) is 18.4. The number of anilines is 2. The number of rotatable bonds is 6. The van der Waals surface area contributed by atoms with Crippen molar-refractivity contribution in [3.8, 4) is 11.5 Å². The van der Waals surface area contributed by atoms with Crippen LogP contribution in [0.5, 0.6) is 11.5 Å². The summed E-state index contributed by atoms with van der Waals surface area (Å²) in [5.74, 6) is -0.785. The fraction of sp³-hybridized carbons (Fsp3) is 0.176. The first kappa shape index (κ1) is 18.2. The number of hydrogen-bond acceptors (Lipinski definition) is 4. The van der Waals surface area contributed by atoms with Crippen LogP contribution in [0.3, 0.4) is 0 Å². The highest BCUT2D eigenvalue weighted by molar-refractivity contribution is 6.04. The quantitative estimate of drug-likeness (QED) is 0.836. The van der Waals surface area contributed by atoms with Gasteiger partial charge in [-0.3, -0.25) is 9.59 Å². The zero-order valence-electron chi connectivity index (χ0n) is 13.5. The SMILES string of the molecule is COc1cc(C(=O)Nc2ccc(NC(C)=O)cc2)ccc1OC(F)F.